The van der Waals surface area contributed by atoms with Crippen molar-refractivity contribution in [2.45, 2.75) is 25.2 Å². The van der Waals surface area contributed by atoms with Crippen LogP contribution in [-0.4, -0.2) is 30.2 Å². The Morgan fingerprint density at radius 2 is 1.26 bits per heavy atom. The third-order valence-electron chi connectivity index (χ3n) is 9.51. The molecule has 0 spiro atoms. The Morgan fingerprint density at radius 1 is 0.698 bits per heavy atom. The highest BCUT2D eigenvalue weighted by molar-refractivity contribution is 6.23. The lowest BCUT2D eigenvalue weighted by Gasteiger charge is -2.45. The number of esters is 1. The zero-order chi connectivity index (χ0) is 29.4. The van der Waals surface area contributed by atoms with E-state index in [1.165, 1.54) is 4.90 Å². The van der Waals surface area contributed by atoms with Crippen LogP contribution in [0.15, 0.2) is 97.1 Å². The highest BCUT2D eigenvalue weighted by atomic mass is 16.5. The SMILES string of the molecule is Cc1cccc(N2C[C@H](C(=O)Oc3cccc(N4C(=O)[C@@H]5C6c7ccccc7C(c7ccccc76)[C@H]5C4=O)c3)CC2=O)c1. The number of amides is 3. The number of nitrogens with zero attached hydrogens (tertiary/aromatic N) is 2. The summed E-state index contributed by atoms with van der Waals surface area (Å²) in [4.78, 5) is 57.0. The van der Waals surface area contributed by atoms with E-state index in [0.29, 0.717) is 5.69 Å². The maximum Gasteiger partial charge on any atom is 0.316 e. The van der Waals surface area contributed by atoms with Gasteiger partial charge in [0.2, 0.25) is 17.7 Å². The van der Waals surface area contributed by atoms with Gasteiger partial charge in [-0.1, -0.05) is 66.7 Å². The number of rotatable bonds is 4. The van der Waals surface area contributed by atoms with Crippen LogP contribution >= 0.6 is 0 Å². The second-order valence-corrected chi connectivity index (χ2v) is 11.9. The molecule has 4 aromatic carbocycles. The number of carbonyl (C=O) groups is 4. The third kappa shape index (κ3) is 3.80. The Kier molecular flexibility index (Phi) is 5.66. The summed E-state index contributed by atoms with van der Waals surface area (Å²) in [6.45, 7) is 2.19. The summed E-state index contributed by atoms with van der Waals surface area (Å²) in [6.07, 6.45) is 0.0584. The molecule has 43 heavy (non-hydrogen) atoms. The van der Waals surface area contributed by atoms with Crippen LogP contribution in [0, 0.1) is 24.7 Å². The van der Waals surface area contributed by atoms with Crippen molar-refractivity contribution in [1.82, 2.24) is 0 Å². The second kappa shape index (κ2) is 9.49. The van der Waals surface area contributed by atoms with E-state index >= 15 is 0 Å². The van der Waals surface area contributed by atoms with Crippen molar-refractivity contribution in [2.24, 2.45) is 17.8 Å². The van der Waals surface area contributed by atoms with Crippen molar-refractivity contribution in [3.05, 3.63) is 125 Å². The van der Waals surface area contributed by atoms with Crippen molar-refractivity contribution in [3.8, 4) is 5.75 Å². The summed E-state index contributed by atoms with van der Waals surface area (Å²) in [6, 6.07) is 30.5. The minimum atomic E-state index is -0.623. The van der Waals surface area contributed by atoms with Crippen molar-refractivity contribution in [1.29, 1.82) is 0 Å². The van der Waals surface area contributed by atoms with Crippen LogP contribution in [0.2, 0.25) is 0 Å². The molecule has 2 saturated heterocycles. The first-order chi connectivity index (χ1) is 20.9. The van der Waals surface area contributed by atoms with Crippen molar-refractivity contribution < 1.29 is 23.9 Å². The first-order valence-electron chi connectivity index (χ1n) is 14.6. The molecule has 7 nitrogen and oxygen atoms in total. The summed E-state index contributed by atoms with van der Waals surface area (Å²) in [5, 5.41) is 0. The number of hydrogen-bond acceptors (Lipinski definition) is 5. The molecule has 0 saturated carbocycles. The molecule has 0 aromatic heterocycles. The summed E-state index contributed by atoms with van der Waals surface area (Å²) < 4.78 is 5.73. The van der Waals surface area contributed by atoms with Gasteiger partial charge in [-0.15, -0.1) is 0 Å². The third-order valence-corrected chi connectivity index (χ3v) is 9.51. The fourth-order valence-corrected chi connectivity index (χ4v) is 7.73. The summed E-state index contributed by atoms with van der Waals surface area (Å²) in [5.41, 5.74) is 6.62. The first kappa shape index (κ1) is 25.7. The van der Waals surface area contributed by atoms with Gasteiger partial charge in [-0.2, -0.15) is 0 Å². The molecule has 4 aromatic rings. The molecule has 2 heterocycles. The van der Waals surface area contributed by atoms with Gasteiger partial charge in [0.25, 0.3) is 0 Å². The van der Waals surface area contributed by atoms with E-state index in [-0.39, 0.29) is 48.3 Å². The van der Waals surface area contributed by atoms with Crippen molar-refractivity contribution in [2.75, 3.05) is 16.3 Å². The topological polar surface area (TPSA) is 84.0 Å². The Hall–Kier alpha value is -5.04. The molecule has 3 aliphatic carbocycles. The maximum atomic E-state index is 14.1. The van der Waals surface area contributed by atoms with E-state index in [2.05, 4.69) is 24.3 Å². The van der Waals surface area contributed by atoms with Gasteiger partial charge in [0.1, 0.15) is 5.75 Å². The van der Waals surface area contributed by atoms with Crippen LogP contribution in [0.1, 0.15) is 46.1 Å². The Morgan fingerprint density at radius 3 is 1.84 bits per heavy atom. The minimum Gasteiger partial charge on any atom is -0.426 e. The number of ether oxygens (including phenoxy) is 1. The number of hydrogen-bond donors (Lipinski definition) is 0. The van der Waals surface area contributed by atoms with Crippen molar-refractivity contribution >= 4 is 35.1 Å². The van der Waals surface area contributed by atoms with E-state index in [4.69, 9.17) is 4.74 Å². The predicted molar refractivity (Wildman–Crippen MR) is 160 cm³/mol. The second-order valence-electron chi connectivity index (χ2n) is 11.9. The fraction of sp³-hybridized carbons (Fsp3) is 0.222. The van der Waals surface area contributed by atoms with Crippen LogP contribution in [0.5, 0.6) is 5.75 Å². The molecule has 2 aliphatic heterocycles. The van der Waals surface area contributed by atoms with Gasteiger partial charge in [0.15, 0.2) is 0 Å². The number of benzene rings is 4. The zero-order valence-corrected chi connectivity index (χ0v) is 23.5. The average molecular weight is 569 g/mol. The van der Waals surface area contributed by atoms with Crippen LogP contribution in [0.4, 0.5) is 11.4 Å². The predicted octanol–water partition coefficient (Wildman–Crippen LogP) is 5.35. The molecule has 2 fully saturated rings. The van der Waals surface area contributed by atoms with Crippen molar-refractivity contribution in [3.63, 3.8) is 0 Å². The standard InChI is InChI=1S/C36H28N2O5/c1-20-8-6-9-22(16-20)37-19-21(17-29(37)39)36(42)43-24-11-7-10-23(18-24)38-34(40)32-30-25-12-2-3-13-26(25)31(33(32)35(38)41)28-15-5-4-14-27(28)30/h2-16,18,21,30-33H,17,19H2,1H3/t21-,30?,31?,32-,33-/m1/s1. The number of carbonyl (C=O) groups excluding carboxylic acids is 4. The van der Waals surface area contributed by atoms with E-state index in [1.807, 2.05) is 55.5 Å². The summed E-state index contributed by atoms with van der Waals surface area (Å²) >= 11 is 0. The maximum absolute atomic E-state index is 14.1. The molecule has 3 amide bonds. The molecule has 212 valence electrons. The summed E-state index contributed by atoms with van der Waals surface area (Å²) in [7, 11) is 0. The molecule has 0 N–H and O–H groups in total. The van der Waals surface area contributed by atoms with Gasteiger partial charge in [0.05, 0.1) is 23.4 Å². The van der Waals surface area contributed by atoms with Crippen LogP contribution < -0.4 is 14.5 Å². The zero-order valence-electron chi connectivity index (χ0n) is 23.5. The number of imide groups is 1. The molecular formula is C36H28N2O5. The van der Waals surface area contributed by atoms with Crippen LogP contribution in [0.3, 0.4) is 0 Å². The molecule has 0 radical (unpaired) electrons. The van der Waals surface area contributed by atoms with Gasteiger partial charge < -0.3 is 9.64 Å². The highest BCUT2D eigenvalue weighted by Gasteiger charge is 2.61. The number of aryl methyl sites for hydroxylation is 1. The fourth-order valence-electron chi connectivity index (χ4n) is 7.73. The monoisotopic (exact) mass is 568 g/mol. The minimum absolute atomic E-state index is 0.0584. The smallest absolute Gasteiger partial charge is 0.316 e. The van der Waals surface area contributed by atoms with Crippen LogP contribution in [-0.2, 0) is 19.2 Å². The van der Waals surface area contributed by atoms with E-state index in [1.54, 1.807) is 29.2 Å². The van der Waals surface area contributed by atoms with Crippen LogP contribution in [0.25, 0.3) is 0 Å². The Labute approximate surface area is 248 Å². The van der Waals surface area contributed by atoms with E-state index in [9.17, 15) is 19.2 Å². The molecule has 5 aliphatic rings. The van der Waals surface area contributed by atoms with Gasteiger partial charge in [-0.05, 0) is 59.0 Å². The largest absolute Gasteiger partial charge is 0.426 e. The highest BCUT2D eigenvalue weighted by Crippen LogP contribution is 2.61. The first-order valence-corrected chi connectivity index (χ1v) is 14.6. The van der Waals surface area contributed by atoms with E-state index < -0.39 is 23.7 Å². The average Bonchev–Trinajstić information content (AvgIpc) is 3.54. The lowest BCUT2D eigenvalue weighted by Crippen LogP contribution is -2.41. The molecule has 3 atom stereocenters. The number of anilines is 2. The molecule has 9 rings (SSSR count). The molecule has 7 heteroatoms. The molecular weight excluding hydrogens is 540 g/mol. The van der Waals surface area contributed by atoms with Gasteiger partial charge in [-0.3, -0.25) is 19.2 Å². The van der Waals surface area contributed by atoms with E-state index in [0.717, 1.165) is 33.5 Å². The summed E-state index contributed by atoms with van der Waals surface area (Å²) in [5.74, 6) is -2.87. The van der Waals surface area contributed by atoms with Gasteiger partial charge >= 0.3 is 5.97 Å². The Balaban J connectivity index is 1.06. The lowest BCUT2D eigenvalue weighted by molar-refractivity contribution is -0.139. The van der Waals surface area contributed by atoms with Gasteiger partial charge in [-0.25, -0.2) is 4.90 Å². The van der Waals surface area contributed by atoms with Gasteiger partial charge in [0, 0.05) is 36.6 Å². The molecule has 2 bridgehead atoms. The molecule has 0 unspecified atom stereocenters. The lowest BCUT2D eigenvalue weighted by atomic mass is 9.55. The quantitative estimate of drug-likeness (QED) is 0.188. The normalized spacial score (nSPS) is 25.0. The Bertz CT molecular complexity index is 1750.